The molecule has 3 aliphatic heterocycles. The third kappa shape index (κ3) is 9.00. The minimum atomic E-state index is -3.68. The molecule has 5 rings (SSSR count). The van der Waals surface area contributed by atoms with E-state index in [4.69, 9.17) is 9.47 Å². The zero-order valence-corrected chi connectivity index (χ0v) is 33.9. The number of hydrogen-bond acceptors (Lipinski definition) is 10. The molecule has 3 amide bonds. The van der Waals surface area contributed by atoms with Gasteiger partial charge in [0.2, 0.25) is 14.3 Å². The molecule has 0 bridgehead atoms. The van der Waals surface area contributed by atoms with Gasteiger partial charge in [-0.1, -0.05) is 60.6 Å². The van der Waals surface area contributed by atoms with Crippen molar-refractivity contribution in [2.45, 2.75) is 115 Å². The second-order valence-corrected chi connectivity index (χ2v) is 19.7. The van der Waals surface area contributed by atoms with Gasteiger partial charge in [0.25, 0.3) is 11.8 Å². The first-order valence-corrected chi connectivity index (χ1v) is 22.1. The Labute approximate surface area is 328 Å². The van der Waals surface area contributed by atoms with E-state index in [-0.39, 0.29) is 44.3 Å². The number of amides is 3. The first-order valence-electron chi connectivity index (χ1n) is 19.1. The molecular weight excluding hydrogens is 742 g/mol. The molecule has 2 saturated heterocycles. The van der Waals surface area contributed by atoms with Crippen LogP contribution in [0.5, 0.6) is 0 Å². The van der Waals surface area contributed by atoms with Crippen molar-refractivity contribution in [3.05, 3.63) is 83.0 Å². The molecule has 0 saturated carbocycles. The van der Waals surface area contributed by atoms with Crippen molar-refractivity contribution in [3.63, 3.8) is 0 Å². The van der Waals surface area contributed by atoms with Gasteiger partial charge in [-0.2, -0.15) is 0 Å². The molecule has 6 N–H and O–H groups in total. The molecular formula is C41H56FN3O10Si. The van der Waals surface area contributed by atoms with E-state index in [1.807, 2.05) is 57.2 Å². The number of allylic oxidation sites excluding steroid dienone is 3. The van der Waals surface area contributed by atoms with Crippen LogP contribution in [0.4, 0.5) is 15.5 Å². The Hall–Kier alpha value is -3.80. The van der Waals surface area contributed by atoms with Gasteiger partial charge in [-0.25, -0.2) is 0 Å². The van der Waals surface area contributed by atoms with Gasteiger partial charge in [-0.3, -0.25) is 14.4 Å². The van der Waals surface area contributed by atoms with Gasteiger partial charge in [0.05, 0.1) is 24.8 Å². The topological polar surface area (TPSA) is 189 Å². The lowest BCUT2D eigenvalue weighted by Crippen LogP contribution is -2.60. The predicted molar refractivity (Wildman–Crippen MR) is 210 cm³/mol. The standard InChI is InChI=1S/C41H56FN3O10Si/c1-24(2)11-10-12-25(3)17-18-45-30-16-15-28(43-38(51)36-34(49)33(48)35(50)39(52)54-36)21-29(30)41(40(45)53)26(4)37(56(5,6)42)31(55-41)22-32(47)44(19-20-46)23-27-13-8-7-9-14-27/h7-9,11,13-17,21,26,31,33-37,39,46,48-50,52H,10,12,18-20,22-23H2,1-6H3,(H,43,51)/b25-17+/t26-,31+,33-,34-,35+,36-,37-,39+,41+/m0/s1. The highest BCUT2D eigenvalue weighted by molar-refractivity contribution is 6.72. The summed E-state index contributed by atoms with van der Waals surface area (Å²) in [5, 5.41) is 53.0. The minimum absolute atomic E-state index is 0.0482. The Morgan fingerprint density at radius 3 is 2.36 bits per heavy atom. The van der Waals surface area contributed by atoms with Crippen LogP contribution < -0.4 is 10.2 Å². The Bertz CT molecular complexity index is 1800. The normalized spacial score (nSPS) is 29.0. The SMILES string of the molecule is CC(C)=CCC/C(C)=C/CN1C(=O)[C@]2(O[C@H](CC(=O)N(CCO)Cc3ccccc3)[C@@H]([Si](C)(C)F)[C@@H]2C)c2cc(NC(=O)[C@H]3O[C@@H](O)[C@H](O)[C@@H](O)[C@@H]3O)ccc21. The molecule has 2 aromatic rings. The number of aliphatic hydroxyl groups is 5. The number of rotatable bonds is 14. The number of carbonyl (C=O) groups excluding carboxylic acids is 3. The van der Waals surface area contributed by atoms with Crippen LogP contribution in [0.25, 0.3) is 0 Å². The molecule has 0 unspecified atom stereocenters. The van der Waals surface area contributed by atoms with Crippen molar-refractivity contribution in [2.24, 2.45) is 5.92 Å². The molecule has 3 aliphatic rings. The van der Waals surface area contributed by atoms with Gasteiger partial charge in [-0.05, 0) is 70.5 Å². The summed E-state index contributed by atoms with van der Waals surface area (Å²) in [4.78, 5) is 45.4. The monoisotopic (exact) mass is 797 g/mol. The Balaban J connectivity index is 1.52. The van der Waals surface area contributed by atoms with Gasteiger partial charge in [0.15, 0.2) is 18.0 Å². The summed E-state index contributed by atoms with van der Waals surface area (Å²) in [6.45, 7) is 11.0. The molecule has 15 heteroatoms. The summed E-state index contributed by atoms with van der Waals surface area (Å²) in [5.41, 5.74) is 1.55. The number of aliphatic hydroxyl groups excluding tert-OH is 5. The summed E-state index contributed by atoms with van der Waals surface area (Å²) in [6.07, 6.45) is -4.76. The highest BCUT2D eigenvalue weighted by Gasteiger charge is 2.67. The zero-order valence-electron chi connectivity index (χ0n) is 32.9. The van der Waals surface area contributed by atoms with E-state index in [9.17, 15) is 39.9 Å². The number of fused-ring (bicyclic) bond motifs is 2. The summed E-state index contributed by atoms with van der Waals surface area (Å²) in [6, 6.07) is 14.0. The van der Waals surface area contributed by atoms with Crippen molar-refractivity contribution in [1.29, 1.82) is 0 Å². The number of halogens is 1. The maximum Gasteiger partial charge on any atom is 0.264 e. The number of nitrogens with zero attached hydrogens (tertiary/aromatic N) is 2. The molecule has 0 aliphatic carbocycles. The Kier molecular flexibility index (Phi) is 13.7. The van der Waals surface area contributed by atoms with Crippen molar-refractivity contribution < 1.29 is 53.5 Å². The van der Waals surface area contributed by atoms with Gasteiger partial charge in [0.1, 0.15) is 18.3 Å². The van der Waals surface area contributed by atoms with E-state index in [1.54, 1.807) is 30.0 Å². The lowest BCUT2D eigenvalue weighted by Gasteiger charge is -2.37. The molecule has 3 heterocycles. The van der Waals surface area contributed by atoms with Crippen LogP contribution in [-0.2, 0) is 36.0 Å². The van der Waals surface area contributed by atoms with Crippen LogP contribution >= 0.6 is 0 Å². The highest BCUT2D eigenvalue weighted by Crippen LogP contribution is 2.60. The second kappa shape index (κ2) is 17.8. The maximum absolute atomic E-state index is 16.6. The van der Waals surface area contributed by atoms with Gasteiger partial charge in [0, 0.05) is 42.3 Å². The zero-order chi connectivity index (χ0) is 41.1. The van der Waals surface area contributed by atoms with Crippen molar-refractivity contribution in [1.82, 2.24) is 4.90 Å². The largest absolute Gasteiger partial charge is 0.395 e. The molecule has 1 spiro atoms. The number of ether oxygens (including phenoxy) is 2. The number of hydrogen-bond donors (Lipinski definition) is 6. The van der Waals surface area contributed by atoms with E-state index in [0.717, 1.165) is 24.0 Å². The molecule has 56 heavy (non-hydrogen) atoms. The number of nitrogens with one attached hydrogen (secondary N) is 1. The highest BCUT2D eigenvalue weighted by atomic mass is 28.4. The second-order valence-electron chi connectivity index (χ2n) is 15.9. The van der Waals surface area contributed by atoms with Crippen LogP contribution in [-0.4, -0.2) is 113 Å². The fourth-order valence-corrected chi connectivity index (χ4v) is 10.7. The van der Waals surface area contributed by atoms with Gasteiger partial charge in [-0.15, -0.1) is 0 Å². The van der Waals surface area contributed by atoms with Crippen LogP contribution in [0.3, 0.4) is 0 Å². The molecule has 2 fully saturated rings. The van der Waals surface area contributed by atoms with Crippen LogP contribution in [0.15, 0.2) is 71.8 Å². The summed E-state index contributed by atoms with van der Waals surface area (Å²) < 4.78 is 28.5. The molecule has 9 atom stereocenters. The third-order valence-corrected chi connectivity index (χ3v) is 13.6. The molecule has 0 radical (unpaired) electrons. The maximum atomic E-state index is 16.6. The van der Waals surface area contributed by atoms with Crippen LogP contribution in [0, 0.1) is 5.92 Å². The smallest absolute Gasteiger partial charge is 0.264 e. The van der Waals surface area contributed by atoms with Crippen molar-refractivity contribution in [3.8, 4) is 0 Å². The number of anilines is 2. The third-order valence-electron chi connectivity index (χ3n) is 11.1. The van der Waals surface area contributed by atoms with Crippen LogP contribution in [0.1, 0.15) is 58.1 Å². The van der Waals surface area contributed by atoms with E-state index < -0.39 is 74.1 Å². The fraction of sp³-hybridized carbons (Fsp3) is 0.537. The van der Waals surface area contributed by atoms with Crippen LogP contribution in [0.2, 0.25) is 18.6 Å². The van der Waals surface area contributed by atoms with Gasteiger partial charge < -0.3 is 54.2 Å². The van der Waals surface area contributed by atoms with E-state index in [1.165, 1.54) is 23.6 Å². The lowest BCUT2D eigenvalue weighted by atomic mass is 9.82. The number of benzene rings is 2. The summed E-state index contributed by atoms with van der Waals surface area (Å²) >= 11 is 0. The molecule has 2 aromatic carbocycles. The lowest BCUT2D eigenvalue weighted by molar-refractivity contribution is -0.274. The first kappa shape index (κ1) is 43.3. The Morgan fingerprint density at radius 1 is 1.02 bits per heavy atom. The molecule has 0 aromatic heterocycles. The molecule has 306 valence electrons. The van der Waals surface area contributed by atoms with E-state index >= 15 is 4.11 Å². The number of carbonyl (C=O) groups is 3. The summed E-state index contributed by atoms with van der Waals surface area (Å²) in [5.74, 6) is -2.49. The molecule has 13 nitrogen and oxygen atoms in total. The predicted octanol–water partition coefficient (Wildman–Crippen LogP) is 3.65. The minimum Gasteiger partial charge on any atom is -0.395 e. The average Bonchev–Trinajstić information content (AvgIpc) is 3.56. The Morgan fingerprint density at radius 2 is 1.71 bits per heavy atom. The summed E-state index contributed by atoms with van der Waals surface area (Å²) in [7, 11) is -3.68. The first-order chi connectivity index (χ1) is 26.4. The van der Waals surface area contributed by atoms with Crippen molar-refractivity contribution >= 4 is 37.5 Å². The van der Waals surface area contributed by atoms with E-state index in [0.29, 0.717) is 11.3 Å². The average molecular weight is 798 g/mol. The van der Waals surface area contributed by atoms with E-state index in [2.05, 4.69) is 11.4 Å². The van der Waals surface area contributed by atoms with Gasteiger partial charge >= 0.3 is 0 Å². The van der Waals surface area contributed by atoms with Crippen molar-refractivity contribution in [2.75, 3.05) is 29.9 Å². The fourth-order valence-electron chi connectivity index (χ4n) is 8.25. The quantitative estimate of drug-likeness (QED) is 0.0936.